The quantitative estimate of drug-likeness (QED) is 0.898. The molecular weight excluding hydrogens is 244 g/mol. The lowest BCUT2D eigenvalue weighted by Crippen LogP contribution is -2.21. The van der Waals surface area contributed by atoms with E-state index in [-0.39, 0.29) is 6.61 Å². The van der Waals surface area contributed by atoms with Gasteiger partial charge in [0.25, 0.3) is 0 Å². The molecule has 0 saturated heterocycles. The molecule has 1 aromatic heterocycles. The van der Waals surface area contributed by atoms with E-state index in [1.165, 1.54) is 0 Å². The van der Waals surface area contributed by atoms with E-state index < -0.39 is 0 Å². The molecule has 0 aliphatic rings. The van der Waals surface area contributed by atoms with E-state index in [0.717, 1.165) is 34.5 Å². The third-order valence-corrected chi connectivity index (χ3v) is 3.61. The van der Waals surface area contributed by atoms with Crippen LogP contribution in [0.2, 0.25) is 0 Å². The first-order valence-electron chi connectivity index (χ1n) is 5.95. The molecule has 0 saturated carbocycles. The minimum absolute atomic E-state index is 0.0301. The molecule has 96 valence electrons. The molecule has 0 unspecified atom stereocenters. The van der Waals surface area contributed by atoms with Crippen LogP contribution in [0.1, 0.15) is 5.56 Å². The second kappa shape index (κ2) is 6.07. The number of pyridine rings is 1. The topological polar surface area (TPSA) is 36.4 Å². The van der Waals surface area contributed by atoms with E-state index in [2.05, 4.69) is 29.3 Å². The first kappa shape index (κ1) is 13.2. The SMILES string of the molecule is CSCCN(C)c1ncc(CO)c2ccccc12. The van der Waals surface area contributed by atoms with Crippen molar-refractivity contribution in [1.29, 1.82) is 0 Å². The Bertz CT molecular complexity index is 530. The van der Waals surface area contributed by atoms with Gasteiger partial charge in [-0.1, -0.05) is 24.3 Å². The number of nitrogens with zero attached hydrogens (tertiary/aromatic N) is 2. The predicted octanol–water partition coefficient (Wildman–Crippen LogP) is 2.53. The van der Waals surface area contributed by atoms with Gasteiger partial charge in [0.2, 0.25) is 0 Å². The van der Waals surface area contributed by atoms with Crippen LogP contribution in [0.15, 0.2) is 30.5 Å². The van der Waals surface area contributed by atoms with Crippen molar-refractivity contribution in [2.75, 3.05) is 30.5 Å². The first-order chi connectivity index (χ1) is 8.77. The molecule has 0 aliphatic heterocycles. The van der Waals surface area contributed by atoms with E-state index in [4.69, 9.17) is 0 Å². The van der Waals surface area contributed by atoms with Crippen LogP contribution in [0, 0.1) is 0 Å². The van der Waals surface area contributed by atoms with Gasteiger partial charge in [-0.25, -0.2) is 4.98 Å². The highest BCUT2D eigenvalue weighted by Gasteiger charge is 2.09. The fourth-order valence-electron chi connectivity index (χ4n) is 2.00. The minimum Gasteiger partial charge on any atom is -0.392 e. The molecule has 4 heteroatoms. The maximum Gasteiger partial charge on any atom is 0.136 e. The molecule has 1 N–H and O–H groups in total. The van der Waals surface area contributed by atoms with Crippen molar-refractivity contribution in [1.82, 2.24) is 4.98 Å². The Balaban J connectivity index is 2.45. The molecule has 0 radical (unpaired) electrons. The van der Waals surface area contributed by atoms with Crippen LogP contribution < -0.4 is 4.90 Å². The predicted molar refractivity (Wildman–Crippen MR) is 79.3 cm³/mol. The molecule has 0 atom stereocenters. The smallest absolute Gasteiger partial charge is 0.136 e. The van der Waals surface area contributed by atoms with Gasteiger partial charge >= 0.3 is 0 Å². The average molecular weight is 262 g/mol. The molecule has 18 heavy (non-hydrogen) atoms. The minimum atomic E-state index is 0.0301. The summed E-state index contributed by atoms with van der Waals surface area (Å²) in [5.74, 6) is 2.06. The fourth-order valence-corrected chi connectivity index (χ4v) is 2.46. The molecule has 2 rings (SSSR count). The number of hydrogen-bond acceptors (Lipinski definition) is 4. The number of rotatable bonds is 5. The number of aliphatic hydroxyl groups excluding tert-OH is 1. The van der Waals surface area contributed by atoms with Crippen LogP contribution in [0.25, 0.3) is 10.8 Å². The second-order valence-electron chi connectivity index (χ2n) is 4.23. The number of aromatic nitrogens is 1. The third kappa shape index (κ3) is 2.60. The van der Waals surface area contributed by atoms with Crippen LogP contribution >= 0.6 is 11.8 Å². The highest BCUT2D eigenvalue weighted by molar-refractivity contribution is 7.98. The molecule has 0 amide bonds. The van der Waals surface area contributed by atoms with Crippen molar-refractivity contribution in [2.45, 2.75) is 6.61 Å². The summed E-state index contributed by atoms with van der Waals surface area (Å²) in [6.07, 6.45) is 3.88. The summed E-state index contributed by atoms with van der Waals surface area (Å²) in [4.78, 5) is 6.65. The van der Waals surface area contributed by atoms with E-state index >= 15 is 0 Å². The van der Waals surface area contributed by atoms with Crippen molar-refractivity contribution in [3.8, 4) is 0 Å². The Kier molecular flexibility index (Phi) is 4.44. The Hall–Kier alpha value is -1.26. The van der Waals surface area contributed by atoms with Gasteiger partial charge in [-0.15, -0.1) is 0 Å². The summed E-state index contributed by atoms with van der Waals surface area (Å²) in [7, 11) is 2.06. The standard InChI is InChI=1S/C14H18N2OS/c1-16(7-8-18-2)14-13-6-4-3-5-12(13)11(10-17)9-15-14/h3-6,9,17H,7-8,10H2,1-2H3. The average Bonchev–Trinajstić information content (AvgIpc) is 2.43. The zero-order valence-corrected chi connectivity index (χ0v) is 11.6. The molecule has 1 heterocycles. The monoisotopic (exact) mass is 262 g/mol. The summed E-state index contributed by atoms with van der Waals surface area (Å²) in [5.41, 5.74) is 0.882. The third-order valence-electron chi connectivity index (χ3n) is 3.02. The summed E-state index contributed by atoms with van der Waals surface area (Å²) in [5, 5.41) is 11.5. The van der Waals surface area contributed by atoms with Gasteiger partial charge in [0.15, 0.2) is 0 Å². The fraction of sp³-hybridized carbons (Fsp3) is 0.357. The van der Waals surface area contributed by atoms with Crippen LogP contribution in [0.3, 0.4) is 0 Å². The lowest BCUT2D eigenvalue weighted by atomic mass is 10.1. The maximum absolute atomic E-state index is 9.35. The van der Waals surface area contributed by atoms with Crippen molar-refractivity contribution < 1.29 is 5.11 Å². The summed E-state index contributed by atoms with van der Waals surface area (Å²) in [6, 6.07) is 8.10. The molecule has 3 nitrogen and oxygen atoms in total. The van der Waals surface area contributed by atoms with Crippen LogP contribution in [-0.2, 0) is 6.61 Å². The summed E-state index contributed by atoms with van der Waals surface area (Å²) < 4.78 is 0. The van der Waals surface area contributed by atoms with Crippen molar-refractivity contribution in [3.05, 3.63) is 36.0 Å². The molecule has 0 aliphatic carbocycles. The highest BCUT2D eigenvalue weighted by Crippen LogP contribution is 2.26. The number of aliphatic hydroxyl groups is 1. The molecule has 2 aromatic rings. The Morgan fingerprint density at radius 1 is 1.28 bits per heavy atom. The van der Waals surface area contributed by atoms with Crippen LogP contribution in [0.5, 0.6) is 0 Å². The van der Waals surface area contributed by atoms with E-state index in [9.17, 15) is 5.11 Å². The van der Waals surface area contributed by atoms with Gasteiger partial charge in [-0.3, -0.25) is 0 Å². The van der Waals surface area contributed by atoms with E-state index in [1.54, 1.807) is 6.20 Å². The number of anilines is 1. The molecular formula is C14H18N2OS. The largest absolute Gasteiger partial charge is 0.392 e. The molecule has 1 aromatic carbocycles. The van der Waals surface area contributed by atoms with Gasteiger partial charge in [0.1, 0.15) is 5.82 Å². The Morgan fingerprint density at radius 3 is 2.67 bits per heavy atom. The van der Waals surface area contributed by atoms with Crippen LogP contribution in [0.4, 0.5) is 5.82 Å². The lowest BCUT2D eigenvalue weighted by Gasteiger charge is -2.20. The lowest BCUT2D eigenvalue weighted by molar-refractivity contribution is 0.283. The molecule has 0 spiro atoms. The van der Waals surface area contributed by atoms with Gasteiger partial charge in [-0.05, 0) is 11.6 Å². The van der Waals surface area contributed by atoms with Crippen molar-refractivity contribution >= 4 is 28.4 Å². The van der Waals surface area contributed by atoms with Crippen LogP contribution in [-0.4, -0.2) is 35.7 Å². The first-order valence-corrected chi connectivity index (χ1v) is 7.35. The Morgan fingerprint density at radius 2 is 2.00 bits per heavy atom. The number of thioether (sulfide) groups is 1. The van der Waals surface area contributed by atoms with Gasteiger partial charge in [-0.2, -0.15) is 11.8 Å². The number of fused-ring (bicyclic) bond motifs is 1. The normalized spacial score (nSPS) is 10.8. The van der Waals surface area contributed by atoms with E-state index in [1.807, 2.05) is 30.0 Å². The molecule has 0 fully saturated rings. The maximum atomic E-state index is 9.35. The zero-order chi connectivity index (χ0) is 13.0. The van der Waals surface area contributed by atoms with Crippen molar-refractivity contribution in [2.24, 2.45) is 0 Å². The number of benzene rings is 1. The van der Waals surface area contributed by atoms with Crippen molar-refractivity contribution in [3.63, 3.8) is 0 Å². The summed E-state index contributed by atoms with van der Waals surface area (Å²) >= 11 is 1.83. The van der Waals surface area contributed by atoms with E-state index in [0.29, 0.717) is 0 Å². The zero-order valence-electron chi connectivity index (χ0n) is 10.8. The molecule has 0 bridgehead atoms. The van der Waals surface area contributed by atoms with Gasteiger partial charge in [0.05, 0.1) is 6.61 Å². The second-order valence-corrected chi connectivity index (χ2v) is 5.21. The van der Waals surface area contributed by atoms with Gasteiger partial charge < -0.3 is 10.0 Å². The Labute approximate surface area is 112 Å². The number of hydrogen-bond donors (Lipinski definition) is 1. The summed E-state index contributed by atoms with van der Waals surface area (Å²) in [6.45, 7) is 0.999. The highest BCUT2D eigenvalue weighted by atomic mass is 32.2. The van der Waals surface area contributed by atoms with Gasteiger partial charge in [0, 0.05) is 36.5 Å².